The number of rotatable bonds is 4. The number of nitrogens with two attached hydrogens (primary N) is 1. The molecule has 0 heterocycles. The van der Waals surface area contributed by atoms with Crippen molar-refractivity contribution in [1.82, 2.24) is 0 Å². The summed E-state index contributed by atoms with van der Waals surface area (Å²) in [7, 11) is -4.11. The number of anilines is 2. The van der Waals surface area contributed by atoms with Crippen LogP contribution in [0, 0.1) is 10.1 Å². The van der Waals surface area contributed by atoms with Crippen molar-refractivity contribution in [2.45, 2.75) is 4.90 Å². The lowest BCUT2D eigenvalue weighted by Gasteiger charge is -2.09. The lowest BCUT2D eigenvalue weighted by molar-refractivity contribution is -0.387. The van der Waals surface area contributed by atoms with Crippen LogP contribution in [-0.4, -0.2) is 13.3 Å². The number of nitro benzene ring substituents is 1. The summed E-state index contributed by atoms with van der Waals surface area (Å²) in [5.41, 5.74) is 5.48. The molecule has 2 rings (SSSR count). The van der Waals surface area contributed by atoms with Crippen molar-refractivity contribution in [2.24, 2.45) is 0 Å². The van der Waals surface area contributed by atoms with E-state index in [1.165, 1.54) is 30.3 Å². The quantitative estimate of drug-likeness (QED) is 0.508. The Morgan fingerprint density at radius 2 is 1.86 bits per heavy atom. The Morgan fingerprint density at radius 3 is 2.48 bits per heavy atom. The molecule has 0 fully saturated rings. The minimum absolute atomic E-state index is 0.160. The van der Waals surface area contributed by atoms with Gasteiger partial charge < -0.3 is 5.73 Å². The summed E-state index contributed by atoms with van der Waals surface area (Å²) >= 11 is 5.80. The van der Waals surface area contributed by atoms with E-state index in [2.05, 4.69) is 4.72 Å². The molecule has 0 amide bonds. The summed E-state index contributed by atoms with van der Waals surface area (Å²) in [5.74, 6) is 0. The highest BCUT2D eigenvalue weighted by atomic mass is 35.5. The molecule has 9 heteroatoms. The maximum Gasteiger partial charge on any atom is 0.289 e. The van der Waals surface area contributed by atoms with E-state index in [-0.39, 0.29) is 10.7 Å². The highest BCUT2D eigenvalue weighted by Gasteiger charge is 2.25. The Balaban J connectivity index is 2.43. The van der Waals surface area contributed by atoms with Gasteiger partial charge in [0.25, 0.3) is 15.7 Å². The van der Waals surface area contributed by atoms with Crippen LogP contribution in [0.15, 0.2) is 47.4 Å². The minimum Gasteiger partial charge on any atom is -0.398 e. The van der Waals surface area contributed by atoms with Gasteiger partial charge in [-0.05, 0) is 24.3 Å². The van der Waals surface area contributed by atoms with Gasteiger partial charge in [0.1, 0.15) is 0 Å². The molecule has 3 N–H and O–H groups in total. The number of halogens is 1. The summed E-state index contributed by atoms with van der Waals surface area (Å²) in [6, 6.07) is 9.22. The van der Waals surface area contributed by atoms with Gasteiger partial charge in [-0.15, -0.1) is 0 Å². The van der Waals surface area contributed by atoms with Crippen LogP contribution < -0.4 is 10.5 Å². The van der Waals surface area contributed by atoms with Crippen molar-refractivity contribution in [3.63, 3.8) is 0 Å². The number of hydrogen-bond donors (Lipinski definition) is 2. The largest absolute Gasteiger partial charge is 0.398 e. The summed E-state index contributed by atoms with van der Waals surface area (Å²) in [4.78, 5) is 9.71. The third-order valence-corrected chi connectivity index (χ3v) is 4.36. The zero-order valence-corrected chi connectivity index (χ0v) is 12.1. The smallest absolute Gasteiger partial charge is 0.289 e. The number of sulfonamides is 1. The minimum atomic E-state index is -4.11. The number of nitrogens with one attached hydrogen (secondary N) is 1. The van der Waals surface area contributed by atoms with Gasteiger partial charge in [-0.3, -0.25) is 14.8 Å². The van der Waals surface area contributed by atoms with Crippen molar-refractivity contribution in [1.29, 1.82) is 0 Å². The fourth-order valence-corrected chi connectivity index (χ4v) is 3.04. The van der Waals surface area contributed by atoms with E-state index in [0.717, 1.165) is 12.1 Å². The maximum absolute atomic E-state index is 12.2. The highest BCUT2D eigenvalue weighted by Crippen LogP contribution is 2.27. The topological polar surface area (TPSA) is 115 Å². The summed E-state index contributed by atoms with van der Waals surface area (Å²) in [6.45, 7) is 0. The standard InChI is InChI=1S/C12H10ClN3O4S/c13-9-7-8(5-6-10(9)14)15-21(19,20)12-4-2-1-3-11(12)16(17)18/h1-7,15H,14H2. The molecule has 110 valence electrons. The van der Waals surface area contributed by atoms with Gasteiger partial charge in [-0.2, -0.15) is 0 Å². The van der Waals surface area contributed by atoms with E-state index in [0.29, 0.717) is 5.69 Å². The van der Waals surface area contributed by atoms with Crippen molar-refractivity contribution in [2.75, 3.05) is 10.5 Å². The van der Waals surface area contributed by atoms with Gasteiger partial charge in [0.05, 0.1) is 21.3 Å². The fraction of sp³-hybridized carbons (Fsp3) is 0. The van der Waals surface area contributed by atoms with Crippen molar-refractivity contribution >= 4 is 38.7 Å². The van der Waals surface area contributed by atoms with Crippen molar-refractivity contribution in [3.05, 3.63) is 57.6 Å². The van der Waals surface area contributed by atoms with E-state index in [1.54, 1.807) is 0 Å². The third-order valence-electron chi connectivity index (χ3n) is 2.60. The van der Waals surface area contributed by atoms with Crippen LogP contribution >= 0.6 is 11.6 Å². The van der Waals surface area contributed by atoms with Crippen LogP contribution in [0.5, 0.6) is 0 Å². The number of nitro groups is 1. The van der Waals surface area contributed by atoms with Gasteiger partial charge >= 0.3 is 0 Å². The number of para-hydroxylation sites is 1. The zero-order chi connectivity index (χ0) is 15.6. The van der Waals surface area contributed by atoms with Crippen LogP contribution in [0.1, 0.15) is 0 Å². The average molecular weight is 328 g/mol. The lowest BCUT2D eigenvalue weighted by Crippen LogP contribution is -2.14. The molecule has 0 bridgehead atoms. The number of nitrogens with zero attached hydrogens (tertiary/aromatic N) is 1. The molecular weight excluding hydrogens is 318 g/mol. The molecule has 2 aromatic rings. The van der Waals surface area contributed by atoms with Crippen LogP contribution in [0.2, 0.25) is 5.02 Å². The first-order chi connectivity index (χ1) is 9.81. The van der Waals surface area contributed by atoms with E-state index < -0.39 is 25.5 Å². The molecule has 0 spiro atoms. The molecule has 7 nitrogen and oxygen atoms in total. The van der Waals surface area contributed by atoms with Crippen molar-refractivity contribution < 1.29 is 13.3 Å². The Kier molecular flexibility index (Phi) is 4.01. The van der Waals surface area contributed by atoms with Crippen LogP contribution in [0.3, 0.4) is 0 Å². The second-order valence-corrected chi connectivity index (χ2v) is 6.12. The first-order valence-electron chi connectivity index (χ1n) is 5.62. The highest BCUT2D eigenvalue weighted by molar-refractivity contribution is 7.92. The average Bonchev–Trinajstić information content (AvgIpc) is 2.42. The number of hydrogen-bond acceptors (Lipinski definition) is 5. The van der Waals surface area contributed by atoms with Crippen molar-refractivity contribution in [3.8, 4) is 0 Å². The second kappa shape index (κ2) is 5.58. The number of benzene rings is 2. The normalized spacial score (nSPS) is 11.1. The molecule has 0 aliphatic rings. The fourth-order valence-electron chi connectivity index (χ4n) is 1.64. The first-order valence-corrected chi connectivity index (χ1v) is 7.48. The Hall–Kier alpha value is -2.32. The first kappa shape index (κ1) is 15.1. The zero-order valence-electron chi connectivity index (χ0n) is 10.5. The molecule has 0 atom stereocenters. The predicted octanol–water partition coefficient (Wildman–Crippen LogP) is 2.63. The molecule has 0 aromatic heterocycles. The molecule has 0 unspecified atom stereocenters. The molecule has 2 aromatic carbocycles. The summed E-state index contributed by atoms with van der Waals surface area (Å²) in [6.07, 6.45) is 0. The Bertz CT molecular complexity index is 808. The van der Waals surface area contributed by atoms with E-state index in [9.17, 15) is 18.5 Å². The SMILES string of the molecule is Nc1ccc(NS(=O)(=O)c2ccccc2[N+](=O)[O-])cc1Cl. The molecule has 21 heavy (non-hydrogen) atoms. The molecule has 0 saturated carbocycles. The number of nitrogen functional groups attached to an aromatic ring is 1. The molecule has 0 saturated heterocycles. The molecular formula is C12H10ClN3O4S. The molecule has 0 radical (unpaired) electrons. The lowest BCUT2D eigenvalue weighted by atomic mass is 10.3. The molecule has 0 aliphatic carbocycles. The van der Waals surface area contributed by atoms with Gasteiger partial charge in [-0.1, -0.05) is 23.7 Å². The van der Waals surface area contributed by atoms with Gasteiger partial charge in [0, 0.05) is 6.07 Å². The second-order valence-electron chi connectivity index (χ2n) is 4.07. The van der Waals surface area contributed by atoms with Crippen LogP contribution in [0.25, 0.3) is 0 Å². The van der Waals surface area contributed by atoms with E-state index >= 15 is 0 Å². The van der Waals surface area contributed by atoms with Gasteiger partial charge in [-0.25, -0.2) is 8.42 Å². The Morgan fingerprint density at radius 1 is 1.19 bits per heavy atom. The van der Waals surface area contributed by atoms with Gasteiger partial charge in [0.15, 0.2) is 4.90 Å². The molecule has 0 aliphatic heterocycles. The van der Waals surface area contributed by atoms with Crippen LogP contribution in [-0.2, 0) is 10.0 Å². The summed E-state index contributed by atoms with van der Waals surface area (Å²) in [5, 5.41) is 11.1. The maximum atomic E-state index is 12.2. The summed E-state index contributed by atoms with van der Waals surface area (Å²) < 4.78 is 26.7. The predicted molar refractivity (Wildman–Crippen MR) is 79.8 cm³/mol. The third kappa shape index (κ3) is 3.23. The van der Waals surface area contributed by atoms with Gasteiger partial charge in [0.2, 0.25) is 0 Å². The monoisotopic (exact) mass is 327 g/mol. The van der Waals surface area contributed by atoms with E-state index in [1.807, 2.05) is 0 Å². The Labute approximate surface area is 125 Å². The van der Waals surface area contributed by atoms with E-state index in [4.69, 9.17) is 17.3 Å². The van der Waals surface area contributed by atoms with Crippen LogP contribution in [0.4, 0.5) is 17.1 Å².